The van der Waals surface area contributed by atoms with Gasteiger partial charge in [-0.25, -0.2) is 8.42 Å². The summed E-state index contributed by atoms with van der Waals surface area (Å²) in [7, 11) is -3.23. The van der Waals surface area contributed by atoms with Crippen LogP contribution in [0, 0.1) is 0 Å². The first-order valence-electron chi connectivity index (χ1n) is 8.84. The molecule has 0 aliphatic rings. The molecule has 0 saturated heterocycles. The van der Waals surface area contributed by atoms with Crippen LogP contribution in [0.3, 0.4) is 0 Å². The van der Waals surface area contributed by atoms with Gasteiger partial charge < -0.3 is 5.32 Å². The second kappa shape index (κ2) is 7.14. The second-order valence-corrected chi connectivity index (χ2v) is 8.74. The van der Waals surface area contributed by atoms with Crippen molar-refractivity contribution in [2.24, 2.45) is 0 Å². The Morgan fingerprint density at radius 2 is 1.48 bits per heavy atom. The molecule has 0 atom stereocenters. The molecule has 2 aromatic carbocycles. The van der Waals surface area contributed by atoms with Gasteiger partial charge in [0.2, 0.25) is 5.91 Å². The van der Waals surface area contributed by atoms with E-state index >= 15 is 0 Å². The number of carbonyl (C=O) groups excluding carboxylic acids is 1. The summed E-state index contributed by atoms with van der Waals surface area (Å²) in [5.41, 5.74) is 4.06. The molecule has 2 heterocycles. The number of aromatic nitrogens is 3. The summed E-state index contributed by atoms with van der Waals surface area (Å²) >= 11 is 0. The molecule has 0 spiro atoms. The van der Waals surface area contributed by atoms with Crippen LogP contribution in [0.1, 0.15) is 6.92 Å². The van der Waals surface area contributed by atoms with Crippen LogP contribution in [0.4, 0.5) is 5.69 Å². The molecule has 0 aliphatic heterocycles. The summed E-state index contributed by atoms with van der Waals surface area (Å²) in [6.07, 6.45) is 3.11. The number of nitrogens with zero attached hydrogens (tertiary/aromatic N) is 3. The van der Waals surface area contributed by atoms with E-state index in [1.165, 1.54) is 13.2 Å². The van der Waals surface area contributed by atoms with Gasteiger partial charge in [-0.15, -0.1) is 10.2 Å². The maximum atomic E-state index is 11.7. The van der Waals surface area contributed by atoms with Crippen molar-refractivity contribution in [3.8, 4) is 22.5 Å². The lowest BCUT2D eigenvalue weighted by Gasteiger charge is -2.07. The highest BCUT2D eigenvalue weighted by Crippen LogP contribution is 2.25. The van der Waals surface area contributed by atoms with Gasteiger partial charge in [-0.1, -0.05) is 12.1 Å². The number of fused-ring (bicyclic) bond motifs is 1. The summed E-state index contributed by atoms with van der Waals surface area (Å²) in [6.45, 7) is 1.46. The molecule has 146 valence electrons. The van der Waals surface area contributed by atoms with Gasteiger partial charge in [0.1, 0.15) is 0 Å². The fourth-order valence-corrected chi connectivity index (χ4v) is 3.69. The fourth-order valence-electron chi connectivity index (χ4n) is 3.06. The molecule has 0 saturated carbocycles. The van der Waals surface area contributed by atoms with Gasteiger partial charge in [0.15, 0.2) is 21.3 Å². The molecule has 0 bridgehead atoms. The SMILES string of the molecule is CC(=O)Nc1ccc(-c2nnc3ccc(-c4ccc(S(C)(=O)=O)cc4)cn23)cc1. The molecule has 4 aromatic rings. The van der Waals surface area contributed by atoms with Crippen LogP contribution in [0.15, 0.2) is 71.8 Å². The average Bonchev–Trinajstić information content (AvgIpc) is 3.11. The molecule has 4 rings (SSSR count). The number of hydrogen-bond donors (Lipinski definition) is 1. The van der Waals surface area contributed by atoms with Gasteiger partial charge in [0.05, 0.1) is 4.90 Å². The smallest absolute Gasteiger partial charge is 0.221 e. The molecule has 1 N–H and O–H groups in total. The van der Waals surface area contributed by atoms with E-state index in [-0.39, 0.29) is 10.8 Å². The minimum atomic E-state index is -3.23. The summed E-state index contributed by atoms with van der Waals surface area (Å²) < 4.78 is 25.2. The number of sulfone groups is 1. The normalized spacial score (nSPS) is 11.5. The van der Waals surface area contributed by atoms with Crippen molar-refractivity contribution < 1.29 is 13.2 Å². The zero-order valence-corrected chi connectivity index (χ0v) is 16.6. The number of hydrogen-bond acceptors (Lipinski definition) is 5. The van der Waals surface area contributed by atoms with Crippen LogP contribution in [0.25, 0.3) is 28.2 Å². The Balaban J connectivity index is 1.72. The Hall–Kier alpha value is -3.52. The molecular weight excluding hydrogens is 388 g/mol. The maximum Gasteiger partial charge on any atom is 0.221 e. The Kier molecular flexibility index (Phi) is 4.63. The van der Waals surface area contributed by atoms with E-state index in [0.717, 1.165) is 16.7 Å². The lowest BCUT2D eigenvalue weighted by atomic mass is 10.1. The van der Waals surface area contributed by atoms with Crippen molar-refractivity contribution in [2.75, 3.05) is 11.6 Å². The molecule has 0 fully saturated rings. The molecule has 8 heteroatoms. The van der Waals surface area contributed by atoms with Gasteiger partial charge >= 0.3 is 0 Å². The van der Waals surface area contributed by atoms with Crippen LogP contribution in [0.5, 0.6) is 0 Å². The minimum absolute atomic E-state index is 0.128. The number of carbonyl (C=O) groups is 1. The summed E-state index contributed by atoms with van der Waals surface area (Å²) in [6, 6.07) is 17.9. The average molecular weight is 406 g/mol. The van der Waals surface area contributed by atoms with Gasteiger partial charge in [0.25, 0.3) is 0 Å². The lowest BCUT2D eigenvalue weighted by Crippen LogP contribution is -2.05. The quantitative estimate of drug-likeness (QED) is 0.560. The van der Waals surface area contributed by atoms with E-state index in [1.807, 2.05) is 47.0 Å². The molecule has 0 aliphatic carbocycles. The third-order valence-corrected chi connectivity index (χ3v) is 5.61. The van der Waals surface area contributed by atoms with Crippen LogP contribution < -0.4 is 5.32 Å². The minimum Gasteiger partial charge on any atom is -0.326 e. The van der Waals surface area contributed by atoms with Crippen molar-refractivity contribution in [1.82, 2.24) is 14.6 Å². The van der Waals surface area contributed by atoms with Crippen LogP contribution in [-0.2, 0) is 14.6 Å². The highest BCUT2D eigenvalue weighted by atomic mass is 32.2. The maximum absolute atomic E-state index is 11.7. The highest BCUT2D eigenvalue weighted by Gasteiger charge is 2.11. The summed E-state index contributed by atoms with van der Waals surface area (Å²) in [5.74, 6) is 0.543. The first-order chi connectivity index (χ1) is 13.8. The molecule has 2 aromatic heterocycles. The van der Waals surface area contributed by atoms with Crippen LogP contribution >= 0.6 is 0 Å². The molecule has 0 unspecified atom stereocenters. The molecule has 29 heavy (non-hydrogen) atoms. The van der Waals surface area contributed by atoms with E-state index in [1.54, 1.807) is 24.3 Å². The van der Waals surface area contributed by atoms with E-state index in [2.05, 4.69) is 15.5 Å². The van der Waals surface area contributed by atoms with E-state index in [0.29, 0.717) is 17.2 Å². The Morgan fingerprint density at radius 1 is 0.862 bits per heavy atom. The predicted octanol–water partition coefficient (Wildman–Crippen LogP) is 3.43. The number of amides is 1. The van der Waals surface area contributed by atoms with Gasteiger partial charge in [-0.3, -0.25) is 9.20 Å². The standard InChI is InChI=1S/C21H18N4O3S/c1-14(26)22-18-8-3-16(4-9-18)21-24-23-20-12-7-17(13-25(20)21)15-5-10-19(11-6-15)29(2,27)28/h3-13H,1-2H3,(H,22,26). The van der Waals surface area contributed by atoms with Crippen molar-refractivity contribution in [3.63, 3.8) is 0 Å². The Bertz CT molecular complexity index is 1310. The number of pyridine rings is 1. The zero-order chi connectivity index (χ0) is 20.6. The lowest BCUT2D eigenvalue weighted by molar-refractivity contribution is -0.114. The number of benzene rings is 2. The van der Waals surface area contributed by atoms with Crippen molar-refractivity contribution >= 4 is 27.1 Å². The Labute approximate surface area is 168 Å². The molecule has 0 radical (unpaired) electrons. The van der Waals surface area contributed by atoms with Gasteiger partial charge in [0, 0.05) is 30.6 Å². The number of anilines is 1. The first kappa shape index (κ1) is 18.8. The summed E-state index contributed by atoms with van der Waals surface area (Å²) in [4.78, 5) is 11.5. The monoisotopic (exact) mass is 406 g/mol. The largest absolute Gasteiger partial charge is 0.326 e. The fraction of sp³-hybridized carbons (Fsp3) is 0.0952. The zero-order valence-electron chi connectivity index (χ0n) is 15.8. The molecular formula is C21H18N4O3S. The third kappa shape index (κ3) is 3.88. The van der Waals surface area contributed by atoms with Gasteiger partial charge in [-0.2, -0.15) is 0 Å². The first-order valence-corrected chi connectivity index (χ1v) is 10.7. The number of nitrogens with one attached hydrogen (secondary N) is 1. The summed E-state index contributed by atoms with van der Waals surface area (Å²) in [5, 5.41) is 11.2. The highest BCUT2D eigenvalue weighted by molar-refractivity contribution is 7.90. The van der Waals surface area contributed by atoms with Crippen LogP contribution in [0.2, 0.25) is 0 Å². The van der Waals surface area contributed by atoms with Crippen molar-refractivity contribution in [2.45, 2.75) is 11.8 Å². The molecule has 7 nitrogen and oxygen atoms in total. The molecule has 1 amide bonds. The Morgan fingerprint density at radius 3 is 2.10 bits per heavy atom. The van der Waals surface area contributed by atoms with Gasteiger partial charge in [-0.05, 0) is 59.7 Å². The van der Waals surface area contributed by atoms with E-state index in [4.69, 9.17) is 0 Å². The number of rotatable bonds is 4. The predicted molar refractivity (Wildman–Crippen MR) is 111 cm³/mol. The third-order valence-electron chi connectivity index (χ3n) is 4.48. The van der Waals surface area contributed by atoms with Crippen LogP contribution in [-0.4, -0.2) is 35.2 Å². The van der Waals surface area contributed by atoms with Crippen molar-refractivity contribution in [1.29, 1.82) is 0 Å². The topological polar surface area (TPSA) is 93.4 Å². The second-order valence-electron chi connectivity index (χ2n) is 6.72. The van der Waals surface area contributed by atoms with E-state index < -0.39 is 9.84 Å². The van der Waals surface area contributed by atoms with Crippen molar-refractivity contribution in [3.05, 3.63) is 66.9 Å². The van der Waals surface area contributed by atoms with E-state index in [9.17, 15) is 13.2 Å².